The first-order valence-corrected chi connectivity index (χ1v) is 11.5. The fourth-order valence-corrected chi connectivity index (χ4v) is 3.95. The highest BCUT2D eigenvalue weighted by Crippen LogP contribution is 2.28. The molecule has 1 amide bonds. The van der Waals surface area contributed by atoms with Gasteiger partial charge in [-0.2, -0.15) is 18.4 Å². The molecular weight excluding hydrogens is 442 g/mol. The molecule has 0 heterocycles. The van der Waals surface area contributed by atoms with E-state index in [1.165, 1.54) is 32.4 Å². The minimum atomic E-state index is -3.96. The van der Waals surface area contributed by atoms with Crippen LogP contribution in [-0.2, 0) is 10.0 Å². The minimum absolute atomic E-state index is 0.0588. The molecule has 172 valence electrons. The van der Waals surface area contributed by atoms with E-state index in [4.69, 9.17) is 9.47 Å². The number of nitrogens with zero attached hydrogens (tertiary/aromatic N) is 1. The van der Waals surface area contributed by atoms with Gasteiger partial charge in [-0.05, 0) is 55.8 Å². The summed E-state index contributed by atoms with van der Waals surface area (Å²) in [6, 6.07) is 18.6. The van der Waals surface area contributed by atoms with Crippen molar-refractivity contribution in [2.24, 2.45) is 5.10 Å². The number of carbonyl (C=O) groups is 1. The van der Waals surface area contributed by atoms with Crippen LogP contribution in [0.1, 0.15) is 28.4 Å². The molecule has 0 saturated heterocycles. The van der Waals surface area contributed by atoms with Crippen LogP contribution >= 0.6 is 0 Å². The summed E-state index contributed by atoms with van der Waals surface area (Å²) < 4.78 is 35.6. The summed E-state index contributed by atoms with van der Waals surface area (Å²) in [6.07, 6.45) is 0. The molecule has 0 aliphatic heterocycles. The van der Waals surface area contributed by atoms with Crippen molar-refractivity contribution in [2.75, 3.05) is 19.5 Å². The van der Waals surface area contributed by atoms with Gasteiger partial charge in [-0.15, -0.1) is 0 Å². The molecule has 0 spiro atoms. The number of methoxy groups -OCH3 is 2. The first-order valence-electron chi connectivity index (χ1n) is 10.00. The number of ether oxygens (including phenoxy) is 2. The molecule has 9 heteroatoms. The molecule has 0 saturated carbocycles. The fourth-order valence-electron chi connectivity index (χ4n) is 2.94. The summed E-state index contributed by atoms with van der Waals surface area (Å²) in [5, 5.41) is 6.84. The zero-order valence-electron chi connectivity index (χ0n) is 18.7. The Morgan fingerprint density at radius 3 is 2.12 bits per heavy atom. The van der Waals surface area contributed by atoms with Gasteiger partial charge in [0.15, 0.2) is 0 Å². The van der Waals surface area contributed by atoms with E-state index in [2.05, 4.69) is 15.2 Å². The van der Waals surface area contributed by atoms with Crippen molar-refractivity contribution >= 4 is 27.3 Å². The minimum Gasteiger partial charge on any atom is -0.497 e. The van der Waals surface area contributed by atoms with E-state index in [9.17, 15) is 13.2 Å². The second-order valence-corrected chi connectivity index (χ2v) is 8.84. The summed E-state index contributed by atoms with van der Waals surface area (Å²) in [5.74, 6) is 0.401. The van der Waals surface area contributed by atoms with Gasteiger partial charge in [0, 0.05) is 17.3 Å². The van der Waals surface area contributed by atoms with Gasteiger partial charge in [0.2, 0.25) is 0 Å². The lowest BCUT2D eigenvalue weighted by Crippen LogP contribution is -2.20. The topological polar surface area (TPSA) is 106 Å². The van der Waals surface area contributed by atoms with Crippen molar-refractivity contribution in [3.63, 3.8) is 0 Å². The summed E-state index contributed by atoms with van der Waals surface area (Å²) in [6.45, 7) is 3.63. The standard InChI is InChI=1S/C24H25N3O5S/c1-16-5-7-19(8-6-16)24(28)25-20-11-9-18(10-12-20)17(2)26-27-33(29,30)23-14-13-21(31-3)15-22(23)32-4/h5-15,27H,1-4H3,(H,25,28)/b26-17-. The summed E-state index contributed by atoms with van der Waals surface area (Å²) >= 11 is 0. The first-order chi connectivity index (χ1) is 15.7. The zero-order valence-corrected chi connectivity index (χ0v) is 19.6. The van der Waals surface area contributed by atoms with E-state index in [-0.39, 0.29) is 16.6 Å². The first kappa shape index (κ1) is 23.8. The Kier molecular flexibility index (Phi) is 7.34. The third-order valence-corrected chi connectivity index (χ3v) is 6.12. The Hall–Kier alpha value is -3.85. The maximum Gasteiger partial charge on any atom is 0.280 e. The maximum atomic E-state index is 12.7. The maximum absolute atomic E-state index is 12.7. The lowest BCUT2D eigenvalue weighted by atomic mass is 10.1. The van der Waals surface area contributed by atoms with Crippen molar-refractivity contribution in [1.29, 1.82) is 0 Å². The van der Waals surface area contributed by atoms with Crippen molar-refractivity contribution in [1.82, 2.24) is 4.83 Å². The Balaban J connectivity index is 1.70. The Morgan fingerprint density at radius 2 is 1.52 bits per heavy atom. The quantitative estimate of drug-likeness (QED) is 0.385. The molecule has 3 aromatic carbocycles. The van der Waals surface area contributed by atoms with Crippen LogP contribution in [0.25, 0.3) is 0 Å². The third kappa shape index (κ3) is 5.89. The normalized spacial score (nSPS) is 11.6. The highest BCUT2D eigenvalue weighted by molar-refractivity contribution is 7.89. The van der Waals surface area contributed by atoms with Crippen LogP contribution in [0.2, 0.25) is 0 Å². The SMILES string of the molecule is COc1ccc(S(=O)(=O)N/N=C(/C)c2ccc(NC(=O)c3ccc(C)cc3)cc2)c(OC)c1. The van der Waals surface area contributed by atoms with Crippen molar-refractivity contribution in [3.05, 3.63) is 83.4 Å². The Morgan fingerprint density at radius 1 is 0.879 bits per heavy atom. The van der Waals surface area contributed by atoms with Crippen LogP contribution < -0.4 is 19.6 Å². The van der Waals surface area contributed by atoms with Crippen molar-refractivity contribution in [2.45, 2.75) is 18.7 Å². The third-order valence-electron chi connectivity index (χ3n) is 4.87. The number of hydrogen-bond acceptors (Lipinski definition) is 6. The van der Waals surface area contributed by atoms with Crippen molar-refractivity contribution < 1.29 is 22.7 Å². The number of carbonyl (C=O) groups excluding carboxylic acids is 1. The molecule has 0 radical (unpaired) electrons. The van der Waals surface area contributed by atoms with Gasteiger partial charge in [0.25, 0.3) is 15.9 Å². The summed E-state index contributed by atoms with van der Waals surface area (Å²) in [7, 11) is -1.11. The number of amides is 1. The van der Waals surface area contributed by atoms with E-state index in [1.54, 1.807) is 43.3 Å². The van der Waals surface area contributed by atoms with E-state index in [1.807, 2.05) is 19.1 Å². The van der Waals surface area contributed by atoms with Crippen LogP contribution in [0.3, 0.4) is 0 Å². The smallest absolute Gasteiger partial charge is 0.280 e. The molecule has 0 bridgehead atoms. The van der Waals surface area contributed by atoms with E-state index < -0.39 is 10.0 Å². The molecule has 0 aliphatic rings. The number of aryl methyl sites for hydroxylation is 1. The van der Waals surface area contributed by atoms with Gasteiger partial charge in [-0.25, -0.2) is 0 Å². The number of rotatable bonds is 8. The van der Waals surface area contributed by atoms with Crippen molar-refractivity contribution in [3.8, 4) is 11.5 Å². The molecule has 33 heavy (non-hydrogen) atoms. The second kappa shape index (κ2) is 10.2. The van der Waals surface area contributed by atoms with Crippen LogP contribution in [-0.4, -0.2) is 34.3 Å². The van der Waals surface area contributed by atoms with Gasteiger partial charge in [0.05, 0.1) is 19.9 Å². The lowest BCUT2D eigenvalue weighted by molar-refractivity contribution is 0.102. The van der Waals surface area contributed by atoms with Crippen LogP contribution in [0.4, 0.5) is 5.69 Å². The summed E-state index contributed by atoms with van der Waals surface area (Å²) in [5.41, 5.74) is 3.38. The number of benzene rings is 3. The molecular formula is C24H25N3O5S. The molecule has 2 N–H and O–H groups in total. The molecule has 3 aromatic rings. The molecule has 0 aliphatic carbocycles. The largest absolute Gasteiger partial charge is 0.497 e. The number of nitrogens with one attached hydrogen (secondary N) is 2. The highest BCUT2D eigenvalue weighted by atomic mass is 32.2. The molecule has 0 aromatic heterocycles. The predicted octanol–water partition coefficient (Wildman–Crippen LogP) is 3.97. The second-order valence-electron chi connectivity index (χ2n) is 7.21. The van der Waals surface area contributed by atoms with Crippen LogP contribution in [0.15, 0.2) is 76.7 Å². The molecule has 3 rings (SSSR count). The van der Waals surface area contributed by atoms with E-state index >= 15 is 0 Å². The Labute approximate surface area is 193 Å². The average molecular weight is 468 g/mol. The zero-order chi connectivity index (χ0) is 24.0. The monoisotopic (exact) mass is 467 g/mol. The highest BCUT2D eigenvalue weighted by Gasteiger charge is 2.20. The molecule has 8 nitrogen and oxygen atoms in total. The van der Waals surface area contributed by atoms with Gasteiger partial charge < -0.3 is 14.8 Å². The predicted molar refractivity (Wildman–Crippen MR) is 128 cm³/mol. The van der Waals surface area contributed by atoms with E-state index in [0.29, 0.717) is 28.3 Å². The lowest BCUT2D eigenvalue weighted by Gasteiger charge is -2.11. The number of hydrogen-bond donors (Lipinski definition) is 2. The van der Waals surface area contributed by atoms with Gasteiger partial charge in [-0.1, -0.05) is 29.8 Å². The number of hydrazone groups is 1. The van der Waals surface area contributed by atoms with Crippen LogP contribution in [0, 0.1) is 6.92 Å². The Bertz CT molecular complexity index is 1270. The molecule has 0 unspecified atom stereocenters. The van der Waals surface area contributed by atoms with Gasteiger partial charge in [0.1, 0.15) is 16.4 Å². The fraction of sp³-hybridized carbons (Fsp3) is 0.167. The summed E-state index contributed by atoms with van der Waals surface area (Å²) in [4.78, 5) is 14.5. The average Bonchev–Trinajstić information content (AvgIpc) is 2.83. The number of sulfonamides is 1. The molecule has 0 fully saturated rings. The van der Waals surface area contributed by atoms with Gasteiger partial charge >= 0.3 is 0 Å². The van der Waals surface area contributed by atoms with Crippen LogP contribution in [0.5, 0.6) is 11.5 Å². The van der Waals surface area contributed by atoms with E-state index in [0.717, 1.165) is 5.56 Å². The van der Waals surface area contributed by atoms with Gasteiger partial charge in [-0.3, -0.25) is 4.79 Å². The number of anilines is 1. The molecule has 0 atom stereocenters.